The average Bonchev–Trinajstić information content (AvgIpc) is 3.91. The number of methoxy groups -OCH3 is 1. The zero-order chi connectivity index (χ0) is 31.9. The predicted molar refractivity (Wildman–Crippen MR) is 162 cm³/mol. The van der Waals surface area contributed by atoms with Gasteiger partial charge in [0.2, 0.25) is 0 Å². The van der Waals surface area contributed by atoms with E-state index in [9.17, 15) is 23.2 Å². The second kappa shape index (κ2) is 14.5. The quantitative estimate of drug-likeness (QED) is 0.162. The molecule has 44 heavy (non-hydrogen) atoms. The first kappa shape index (κ1) is 32.8. The first-order valence-corrected chi connectivity index (χ1v) is 14.5. The highest BCUT2D eigenvalue weighted by Crippen LogP contribution is 2.47. The smallest absolute Gasteiger partial charge is 0.465 e. The highest BCUT2D eigenvalue weighted by molar-refractivity contribution is 5.91. The molecule has 234 valence electrons. The van der Waals surface area contributed by atoms with Gasteiger partial charge in [-0.3, -0.25) is 5.21 Å². The van der Waals surface area contributed by atoms with Gasteiger partial charge in [0.25, 0.3) is 0 Å². The van der Waals surface area contributed by atoms with Crippen LogP contribution in [0.5, 0.6) is 5.75 Å². The molecule has 2 N–H and O–H groups in total. The number of aryl methyl sites for hydroxylation is 1. The Bertz CT molecular complexity index is 1550. The molecule has 0 unspecified atom stereocenters. The average molecular weight is 611 g/mol. The van der Waals surface area contributed by atoms with Gasteiger partial charge in [-0.05, 0) is 86.1 Å². The normalized spacial score (nSPS) is 14.1. The fraction of sp³-hybridized carbons (Fsp3) is 0.353. The number of carbonyl (C=O) groups excluding carboxylic acids is 1. The maximum atomic E-state index is 12.2. The molecule has 6 rings (SSSR count). The van der Waals surface area contributed by atoms with Gasteiger partial charge < -0.3 is 14.6 Å². The van der Waals surface area contributed by atoms with Crippen LogP contribution in [-0.2, 0) is 11.3 Å². The van der Waals surface area contributed by atoms with Crippen LogP contribution in [0.4, 0.5) is 19.0 Å². The first-order valence-electron chi connectivity index (χ1n) is 14.5. The molecule has 0 saturated heterocycles. The largest absolute Gasteiger partial charge is 0.573 e. The van der Waals surface area contributed by atoms with E-state index in [4.69, 9.17) is 9.84 Å². The van der Waals surface area contributed by atoms with E-state index in [0.717, 1.165) is 45.4 Å². The summed E-state index contributed by atoms with van der Waals surface area (Å²) >= 11 is 0. The van der Waals surface area contributed by atoms with Crippen LogP contribution in [0.3, 0.4) is 0 Å². The van der Waals surface area contributed by atoms with Crippen molar-refractivity contribution in [3.63, 3.8) is 0 Å². The van der Waals surface area contributed by atoms with Crippen molar-refractivity contribution < 1.29 is 37.8 Å². The molecule has 0 atom stereocenters. The number of aliphatic hydroxyl groups excluding tert-OH is 1. The number of esters is 1. The number of pyridine rings is 1. The van der Waals surface area contributed by atoms with Crippen LogP contribution in [0, 0.1) is 6.92 Å². The third-order valence-electron chi connectivity index (χ3n) is 7.17. The van der Waals surface area contributed by atoms with Gasteiger partial charge >= 0.3 is 12.3 Å². The number of anilines is 1. The molecule has 1 aromatic heterocycles. The molecule has 0 bridgehead atoms. The summed E-state index contributed by atoms with van der Waals surface area (Å²) in [5, 5.41) is 21.3. The highest BCUT2D eigenvalue weighted by Gasteiger charge is 2.32. The molecule has 0 radical (unpaired) electrons. The zero-order valence-electron chi connectivity index (χ0n) is 25.0. The molecular weight excluding hydrogens is 573 g/mol. The van der Waals surface area contributed by atoms with Crippen molar-refractivity contribution in [2.45, 2.75) is 64.3 Å². The van der Waals surface area contributed by atoms with Crippen LogP contribution in [0.2, 0.25) is 0 Å². The number of hydrogen-bond donors (Lipinski definition) is 2. The number of alkyl halides is 3. The van der Waals surface area contributed by atoms with E-state index in [1.165, 1.54) is 49.8 Å². The lowest BCUT2D eigenvalue weighted by molar-refractivity contribution is -0.274. The number of aromatic nitrogens is 1. The number of fused-ring (bicyclic) bond motifs is 1. The lowest BCUT2D eigenvalue weighted by atomic mass is 10.0. The number of benzene rings is 3. The minimum atomic E-state index is -4.72. The second-order valence-corrected chi connectivity index (χ2v) is 10.8. The fourth-order valence-corrected chi connectivity index (χ4v) is 4.91. The molecule has 2 fully saturated rings. The Balaban J connectivity index is 0.000000217. The maximum Gasteiger partial charge on any atom is 0.573 e. The molecule has 4 aromatic rings. The minimum absolute atomic E-state index is 0.108. The van der Waals surface area contributed by atoms with Gasteiger partial charge in [-0.15, -0.1) is 13.2 Å². The van der Waals surface area contributed by atoms with Gasteiger partial charge in [-0.25, -0.2) is 14.8 Å². The fourth-order valence-electron chi connectivity index (χ4n) is 4.91. The van der Waals surface area contributed by atoms with E-state index < -0.39 is 6.36 Å². The molecule has 3 aromatic carbocycles. The summed E-state index contributed by atoms with van der Waals surface area (Å²) < 4.78 is 45.4. The minimum Gasteiger partial charge on any atom is -0.465 e. The molecule has 2 saturated carbocycles. The van der Waals surface area contributed by atoms with E-state index in [1.807, 2.05) is 43.3 Å². The molecule has 0 amide bonds. The first-order chi connectivity index (χ1) is 21.0. The SMILES string of the molecule is CCO.COC(=O)c1ccc(C)cc1C1CC1.ON(Cc1ccc(OC(F)(F)F)cc1)c1ncc2ccccc2c1C1CC1. The molecule has 7 nitrogen and oxygen atoms in total. The summed E-state index contributed by atoms with van der Waals surface area (Å²) in [6.45, 7) is 4.09. The lowest BCUT2D eigenvalue weighted by Gasteiger charge is -2.21. The Morgan fingerprint density at radius 3 is 2.23 bits per heavy atom. The van der Waals surface area contributed by atoms with E-state index >= 15 is 0 Å². The van der Waals surface area contributed by atoms with Crippen molar-refractivity contribution in [2.75, 3.05) is 18.8 Å². The Labute approximate surface area is 254 Å². The van der Waals surface area contributed by atoms with Crippen LogP contribution >= 0.6 is 0 Å². The Morgan fingerprint density at radius 2 is 1.64 bits per heavy atom. The number of aliphatic hydroxyl groups is 1. The summed E-state index contributed by atoms with van der Waals surface area (Å²) in [6, 6.07) is 19.3. The van der Waals surface area contributed by atoms with Gasteiger partial charge in [-0.2, -0.15) is 0 Å². The number of hydrogen-bond acceptors (Lipinski definition) is 7. The monoisotopic (exact) mass is 610 g/mol. The molecular formula is C34H37F3N2O5. The Kier molecular flexibility index (Phi) is 10.8. The van der Waals surface area contributed by atoms with Gasteiger partial charge in [0.1, 0.15) is 5.75 Å². The molecule has 2 aliphatic carbocycles. The van der Waals surface area contributed by atoms with Crippen molar-refractivity contribution >= 4 is 22.6 Å². The van der Waals surface area contributed by atoms with E-state index in [1.54, 1.807) is 13.1 Å². The van der Waals surface area contributed by atoms with Gasteiger partial charge in [0.15, 0.2) is 5.82 Å². The van der Waals surface area contributed by atoms with E-state index in [-0.39, 0.29) is 24.9 Å². The lowest BCUT2D eigenvalue weighted by Crippen LogP contribution is -2.20. The highest BCUT2D eigenvalue weighted by atomic mass is 19.4. The summed E-state index contributed by atoms with van der Waals surface area (Å²) in [5.41, 5.74) is 4.77. The van der Waals surface area contributed by atoms with Crippen LogP contribution in [0.15, 0.2) is 72.9 Å². The van der Waals surface area contributed by atoms with Crippen LogP contribution in [-0.4, -0.2) is 41.3 Å². The van der Waals surface area contributed by atoms with Crippen molar-refractivity contribution in [3.05, 3.63) is 101 Å². The topological polar surface area (TPSA) is 92.1 Å². The maximum absolute atomic E-state index is 12.2. The van der Waals surface area contributed by atoms with Crippen LogP contribution < -0.4 is 9.80 Å². The second-order valence-electron chi connectivity index (χ2n) is 10.8. The van der Waals surface area contributed by atoms with Crippen molar-refractivity contribution in [2.24, 2.45) is 0 Å². The van der Waals surface area contributed by atoms with Gasteiger partial charge in [-0.1, -0.05) is 54.1 Å². The molecule has 1 heterocycles. The van der Waals surface area contributed by atoms with Crippen molar-refractivity contribution in [1.29, 1.82) is 0 Å². The molecule has 0 spiro atoms. The number of nitrogens with zero attached hydrogens (tertiary/aromatic N) is 2. The number of rotatable bonds is 7. The van der Waals surface area contributed by atoms with Crippen molar-refractivity contribution in [3.8, 4) is 5.75 Å². The number of halogens is 3. The standard InChI is InChI=1S/C20H17F3N2O2.C12H14O2.C2H6O/c21-20(22,23)27-16-9-5-13(6-10-16)12-25(26)19-18(14-7-8-14)17-4-2-1-3-15(17)11-24-19;1-8-3-6-10(12(13)14-2)11(7-8)9-4-5-9;1-2-3/h1-6,9-11,14,26H,7-8,12H2;3,6-7,9H,4-5H2,1-2H3;3H,2H2,1H3. The Morgan fingerprint density at radius 1 is 1.00 bits per heavy atom. The van der Waals surface area contributed by atoms with Crippen LogP contribution in [0.25, 0.3) is 10.8 Å². The third kappa shape index (κ3) is 8.93. The van der Waals surface area contributed by atoms with Crippen molar-refractivity contribution in [1.82, 2.24) is 4.98 Å². The zero-order valence-corrected chi connectivity index (χ0v) is 25.0. The Hall–Kier alpha value is -4.15. The van der Waals surface area contributed by atoms with Gasteiger partial charge in [0, 0.05) is 23.8 Å². The number of hydroxylamine groups is 1. The number of ether oxygens (including phenoxy) is 2. The van der Waals surface area contributed by atoms with E-state index in [2.05, 4.69) is 15.8 Å². The molecule has 0 aliphatic heterocycles. The molecule has 2 aliphatic rings. The molecule has 10 heteroatoms. The van der Waals surface area contributed by atoms with E-state index in [0.29, 0.717) is 23.2 Å². The summed E-state index contributed by atoms with van der Waals surface area (Å²) in [6.07, 6.45) is 1.51. The van der Waals surface area contributed by atoms with Gasteiger partial charge in [0.05, 0.1) is 19.2 Å². The summed E-state index contributed by atoms with van der Waals surface area (Å²) in [5.74, 6) is 0.941. The summed E-state index contributed by atoms with van der Waals surface area (Å²) in [7, 11) is 1.43. The summed E-state index contributed by atoms with van der Waals surface area (Å²) in [4.78, 5) is 15.9. The predicted octanol–water partition coefficient (Wildman–Crippen LogP) is 8.06. The van der Waals surface area contributed by atoms with Crippen LogP contribution in [0.1, 0.15) is 77.1 Å². The number of carbonyl (C=O) groups is 1. The third-order valence-corrected chi connectivity index (χ3v) is 7.17.